The molecule has 2 aromatic rings. The highest BCUT2D eigenvalue weighted by molar-refractivity contribution is 7.10. The minimum Gasteiger partial charge on any atom is -0.491 e. The number of anilines is 2. The number of thiophene rings is 1. The van der Waals surface area contributed by atoms with E-state index in [2.05, 4.69) is 23.7 Å². The predicted molar refractivity (Wildman–Crippen MR) is 83.0 cm³/mol. The molecule has 20 heavy (non-hydrogen) atoms. The number of benzene rings is 1. The standard InChI is InChI=1S/C15H19FN2OS/c1-3-10-5-6-20-15(10)9-18-13-8-14(19-4-2)11(16)7-12(13)17/h5-8,18H,3-4,9,17H2,1-2H3. The van der Waals surface area contributed by atoms with Gasteiger partial charge in [0, 0.05) is 23.6 Å². The van der Waals surface area contributed by atoms with Gasteiger partial charge >= 0.3 is 0 Å². The molecular formula is C15H19FN2OS. The summed E-state index contributed by atoms with van der Waals surface area (Å²) < 4.78 is 18.9. The molecule has 0 fully saturated rings. The monoisotopic (exact) mass is 294 g/mol. The van der Waals surface area contributed by atoms with Crippen LogP contribution in [-0.2, 0) is 13.0 Å². The van der Waals surface area contributed by atoms with Crippen LogP contribution >= 0.6 is 11.3 Å². The Balaban J connectivity index is 2.14. The molecular weight excluding hydrogens is 275 g/mol. The lowest BCUT2D eigenvalue weighted by Gasteiger charge is -2.12. The van der Waals surface area contributed by atoms with E-state index < -0.39 is 5.82 Å². The lowest BCUT2D eigenvalue weighted by molar-refractivity contribution is 0.322. The predicted octanol–water partition coefficient (Wildman–Crippen LogP) is 4.04. The molecule has 1 heterocycles. The first-order valence-electron chi connectivity index (χ1n) is 6.66. The molecule has 2 rings (SSSR count). The second-order valence-electron chi connectivity index (χ2n) is 4.38. The molecule has 0 bridgehead atoms. The van der Waals surface area contributed by atoms with Crippen molar-refractivity contribution in [1.29, 1.82) is 0 Å². The van der Waals surface area contributed by atoms with Crippen LogP contribution in [0.25, 0.3) is 0 Å². The summed E-state index contributed by atoms with van der Waals surface area (Å²) >= 11 is 1.71. The van der Waals surface area contributed by atoms with E-state index in [9.17, 15) is 4.39 Å². The average molecular weight is 294 g/mol. The van der Waals surface area contributed by atoms with E-state index in [0.29, 0.717) is 24.5 Å². The number of nitrogen functional groups attached to an aromatic ring is 1. The summed E-state index contributed by atoms with van der Waals surface area (Å²) in [7, 11) is 0. The van der Waals surface area contributed by atoms with Crippen LogP contribution in [0.4, 0.5) is 15.8 Å². The number of rotatable bonds is 6. The van der Waals surface area contributed by atoms with E-state index in [-0.39, 0.29) is 5.75 Å². The van der Waals surface area contributed by atoms with Crippen molar-refractivity contribution in [2.75, 3.05) is 17.7 Å². The fourth-order valence-electron chi connectivity index (χ4n) is 2.00. The molecule has 0 amide bonds. The van der Waals surface area contributed by atoms with Crippen molar-refractivity contribution in [2.45, 2.75) is 26.8 Å². The van der Waals surface area contributed by atoms with Crippen molar-refractivity contribution >= 4 is 22.7 Å². The molecule has 0 saturated heterocycles. The number of ether oxygens (including phenoxy) is 1. The molecule has 0 atom stereocenters. The number of nitrogens with two attached hydrogens (primary N) is 1. The zero-order chi connectivity index (χ0) is 14.5. The zero-order valence-corrected chi connectivity index (χ0v) is 12.5. The van der Waals surface area contributed by atoms with Crippen molar-refractivity contribution in [3.63, 3.8) is 0 Å². The van der Waals surface area contributed by atoms with E-state index in [1.165, 1.54) is 16.5 Å². The van der Waals surface area contributed by atoms with Gasteiger partial charge in [0.15, 0.2) is 11.6 Å². The number of nitrogens with one attached hydrogen (secondary N) is 1. The van der Waals surface area contributed by atoms with Gasteiger partial charge in [-0.3, -0.25) is 0 Å². The summed E-state index contributed by atoms with van der Waals surface area (Å²) in [5, 5.41) is 5.33. The van der Waals surface area contributed by atoms with Crippen LogP contribution < -0.4 is 15.8 Å². The molecule has 3 nitrogen and oxygen atoms in total. The largest absolute Gasteiger partial charge is 0.491 e. The van der Waals surface area contributed by atoms with Gasteiger partial charge in [-0.05, 0) is 30.4 Å². The Hall–Kier alpha value is -1.75. The molecule has 0 radical (unpaired) electrons. The third-order valence-electron chi connectivity index (χ3n) is 3.06. The van der Waals surface area contributed by atoms with Crippen LogP contribution in [0.5, 0.6) is 5.75 Å². The van der Waals surface area contributed by atoms with E-state index >= 15 is 0 Å². The van der Waals surface area contributed by atoms with Gasteiger partial charge in [0.05, 0.1) is 18.0 Å². The Labute approximate surface area is 122 Å². The quantitative estimate of drug-likeness (QED) is 0.790. The molecule has 3 N–H and O–H groups in total. The summed E-state index contributed by atoms with van der Waals surface area (Å²) in [5.41, 5.74) is 8.26. The Morgan fingerprint density at radius 2 is 2.15 bits per heavy atom. The lowest BCUT2D eigenvalue weighted by Crippen LogP contribution is -2.05. The minimum atomic E-state index is -0.430. The summed E-state index contributed by atoms with van der Waals surface area (Å²) in [6.45, 7) is 5.06. The maximum atomic E-state index is 13.6. The normalized spacial score (nSPS) is 10.6. The van der Waals surface area contributed by atoms with Crippen LogP contribution in [0.15, 0.2) is 23.6 Å². The zero-order valence-electron chi connectivity index (χ0n) is 11.7. The van der Waals surface area contributed by atoms with E-state index in [4.69, 9.17) is 10.5 Å². The van der Waals surface area contributed by atoms with Gasteiger partial charge in [0.2, 0.25) is 0 Å². The molecule has 0 aliphatic heterocycles. The summed E-state index contributed by atoms with van der Waals surface area (Å²) in [4.78, 5) is 1.27. The van der Waals surface area contributed by atoms with Crippen molar-refractivity contribution < 1.29 is 9.13 Å². The van der Waals surface area contributed by atoms with Gasteiger partial charge in [-0.1, -0.05) is 6.92 Å². The van der Waals surface area contributed by atoms with Crippen molar-refractivity contribution in [1.82, 2.24) is 0 Å². The minimum absolute atomic E-state index is 0.228. The molecule has 0 aliphatic carbocycles. The molecule has 108 valence electrons. The summed E-state index contributed by atoms with van der Waals surface area (Å²) in [6.07, 6.45) is 1.00. The van der Waals surface area contributed by atoms with E-state index in [1.54, 1.807) is 17.4 Å². The first-order valence-corrected chi connectivity index (χ1v) is 7.54. The van der Waals surface area contributed by atoms with Crippen LogP contribution in [0, 0.1) is 5.82 Å². The third-order valence-corrected chi connectivity index (χ3v) is 4.03. The maximum absolute atomic E-state index is 13.6. The fraction of sp³-hybridized carbons (Fsp3) is 0.333. The summed E-state index contributed by atoms with van der Waals surface area (Å²) in [5.74, 6) is -0.202. The van der Waals surface area contributed by atoms with Gasteiger partial charge in [-0.2, -0.15) is 0 Å². The van der Waals surface area contributed by atoms with Crippen LogP contribution in [0.2, 0.25) is 0 Å². The van der Waals surface area contributed by atoms with Crippen molar-refractivity contribution in [3.05, 3.63) is 39.8 Å². The molecule has 1 aromatic heterocycles. The van der Waals surface area contributed by atoms with Crippen LogP contribution in [0.1, 0.15) is 24.3 Å². The smallest absolute Gasteiger partial charge is 0.167 e. The molecule has 0 aliphatic rings. The van der Waals surface area contributed by atoms with Gasteiger partial charge in [0.1, 0.15) is 0 Å². The van der Waals surface area contributed by atoms with E-state index in [0.717, 1.165) is 6.42 Å². The van der Waals surface area contributed by atoms with Gasteiger partial charge in [-0.15, -0.1) is 11.3 Å². The van der Waals surface area contributed by atoms with Gasteiger partial charge in [0.25, 0.3) is 0 Å². The summed E-state index contributed by atoms with van der Waals surface area (Å²) in [6, 6.07) is 5.04. The molecule has 0 unspecified atom stereocenters. The van der Waals surface area contributed by atoms with E-state index in [1.807, 2.05) is 6.92 Å². The highest BCUT2D eigenvalue weighted by Gasteiger charge is 2.10. The topological polar surface area (TPSA) is 47.3 Å². The third kappa shape index (κ3) is 3.22. The van der Waals surface area contributed by atoms with Gasteiger partial charge < -0.3 is 15.8 Å². The second kappa shape index (κ2) is 6.61. The first kappa shape index (κ1) is 14.7. The number of halogens is 1. The van der Waals surface area contributed by atoms with Crippen LogP contribution in [0.3, 0.4) is 0 Å². The average Bonchev–Trinajstić information content (AvgIpc) is 2.88. The first-order chi connectivity index (χ1) is 9.65. The number of hydrogen-bond acceptors (Lipinski definition) is 4. The van der Waals surface area contributed by atoms with Crippen molar-refractivity contribution in [2.24, 2.45) is 0 Å². The Morgan fingerprint density at radius 1 is 1.35 bits per heavy atom. The number of hydrogen-bond donors (Lipinski definition) is 2. The molecule has 1 aromatic carbocycles. The SMILES string of the molecule is CCOc1cc(NCc2sccc2CC)c(N)cc1F. The maximum Gasteiger partial charge on any atom is 0.167 e. The fourth-order valence-corrected chi connectivity index (χ4v) is 2.92. The van der Waals surface area contributed by atoms with Crippen LogP contribution in [-0.4, -0.2) is 6.61 Å². The Morgan fingerprint density at radius 3 is 2.85 bits per heavy atom. The van der Waals surface area contributed by atoms with Crippen molar-refractivity contribution in [3.8, 4) is 5.75 Å². The molecule has 0 spiro atoms. The molecule has 0 saturated carbocycles. The Bertz CT molecular complexity index is 583. The highest BCUT2D eigenvalue weighted by atomic mass is 32.1. The highest BCUT2D eigenvalue weighted by Crippen LogP contribution is 2.29. The second-order valence-corrected chi connectivity index (χ2v) is 5.38. The molecule has 5 heteroatoms. The Kier molecular flexibility index (Phi) is 4.84. The number of aryl methyl sites for hydroxylation is 1. The van der Waals surface area contributed by atoms with Gasteiger partial charge in [-0.25, -0.2) is 4.39 Å². The lowest BCUT2D eigenvalue weighted by atomic mass is 10.2.